The molecule has 0 radical (unpaired) electrons. The molecule has 2 aromatic heterocycles. The zero-order valence-corrected chi connectivity index (χ0v) is 11.3. The van der Waals surface area contributed by atoms with Crippen LogP contribution in [0.3, 0.4) is 0 Å². The lowest BCUT2D eigenvalue weighted by Gasteiger charge is -2.04. The Hall–Kier alpha value is -1.82. The van der Waals surface area contributed by atoms with Gasteiger partial charge >= 0.3 is 0 Å². The van der Waals surface area contributed by atoms with Crippen LogP contribution in [-0.2, 0) is 6.54 Å². The molecule has 5 nitrogen and oxygen atoms in total. The normalized spacial score (nSPS) is 10.1. The van der Waals surface area contributed by atoms with Crippen LogP contribution in [0.2, 0.25) is 0 Å². The highest BCUT2D eigenvalue weighted by Crippen LogP contribution is 2.07. The summed E-state index contributed by atoms with van der Waals surface area (Å²) in [6.07, 6.45) is 4.89. The number of hydrogen-bond donors (Lipinski definition) is 1. The minimum absolute atomic E-state index is 0.232. The third kappa shape index (κ3) is 3.33. The fraction of sp³-hybridized carbons (Fsp3) is 0.167. The van der Waals surface area contributed by atoms with Crippen LogP contribution in [-0.4, -0.2) is 20.9 Å². The topological polar surface area (TPSA) is 67.8 Å². The molecule has 2 heterocycles. The van der Waals surface area contributed by atoms with E-state index in [0.29, 0.717) is 17.9 Å². The van der Waals surface area contributed by atoms with Gasteiger partial charge in [-0.2, -0.15) is 0 Å². The summed E-state index contributed by atoms with van der Waals surface area (Å²) in [6, 6.07) is 3.42. The number of aryl methyl sites for hydroxylation is 1. The minimum atomic E-state index is -0.232. The van der Waals surface area contributed by atoms with Crippen LogP contribution in [0.5, 0.6) is 0 Å². The lowest BCUT2D eigenvalue weighted by atomic mass is 10.3. The van der Waals surface area contributed by atoms with Crippen molar-refractivity contribution in [1.82, 2.24) is 20.3 Å². The molecule has 0 aliphatic carbocycles. The van der Waals surface area contributed by atoms with Gasteiger partial charge in [0.2, 0.25) is 0 Å². The van der Waals surface area contributed by atoms with Crippen molar-refractivity contribution in [2.45, 2.75) is 13.5 Å². The zero-order chi connectivity index (χ0) is 13.0. The lowest BCUT2D eigenvalue weighted by molar-refractivity contribution is 0.0945. The first-order valence-corrected chi connectivity index (χ1v) is 6.12. The van der Waals surface area contributed by atoms with Gasteiger partial charge in [-0.15, -0.1) is 0 Å². The maximum atomic E-state index is 11.8. The summed E-state index contributed by atoms with van der Waals surface area (Å²) in [5, 5.41) is 2.73. The van der Waals surface area contributed by atoms with Crippen LogP contribution >= 0.6 is 15.9 Å². The quantitative estimate of drug-likeness (QED) is 0.940. The average molecular weight is 307 g/mol. The van der Waals surface area contributed by atoms with Gasteiger partial charge in [0.15, 0.2) is 0 Å². The van der Waals surface area contributed by atoms with E-state index >= 15 is 0 Å². The number of nitrogens with one attached hydrogen (secondary N) is 1. The Morgan fingerprint density at radius 1 is 1.22 bits per heavy atom. The molecule has 2 aromatic rings. The van der Waals surface area contributed by atoms with E-state index in [1.807, 2.05) is 6.92 Å². The average Bonchev–Trinajstić information content (AvgIpc) is 2.38. The van der Waals surface area contributed by atoms with Gasteiger partial charge in [0.05, 0.1) is 24.1 Å². The lowest BCUT2D eigenvalue weighted by Crippen LogP contribution is -2.24. The monoisotopic (exact) mass is 306 g/mol. The molecule has 6 heteroatoms. The molecular weight excluding hydrogens is 296 g/mol. The van der Waals surface area contributed by atoms with E-state index in [1.165, 1.54) is 0 Å². The van der Waals surface area contributed by atoms with Gasteiger partial charge < -0.3 is 5.32 Å². The molecule has 0 spiro atoms. The largest absolute Gasteiger partial charge is 0.345 e. The molecule has 0 aromatic carbocycles. The van der Waals surface area contributed by atoms with E-state index in [9.17, 15) is 4.79 Å². The minimum Gasteiger partial charge on any atom is -0.345 e. The first kappa shape index (κ1) is 12.6. The molecule has 1 N–H and O–H groups in total. The number of aromatic nitrogens is 3. The van der Waals surface area contributed by atoms with Gasteiger partial charge in [0.25, 0.3) is 5.91 Å². The molecule has 0 unspecified atom stereocenters. The molecule has 0 bridgehead atoms. The van der Waals surface area contributed by atoms with Gasteiger partial charge in [0, 0.05) is 16.9 Å². The summed E-state index contributed by atoms with van der Waals surface area (Å²) in [5.74, 6) is -0.232. The first-order chi connectivity index (χ1) is 8.65. The van der Waals surface area contributed by atoms with Gasteiger partial charge in [0.1, 0.15) is 5.69 Å². The highest BCUT2D eigenvalue weighted by Gasteiger charge is 2.06. The predicted molar refractivity (Wildman–Crippen MR) is 69.9 cm³/mol. The molecule has 92 valence electrons. The van der Waals surface area contributed by atoms with Crippen LogP contribution in [0, 0.1) is 6.92 Å². The van der Waals surface area contributed by atoms with Crippen molar-refractivity contribution in [3.63, 3.8) is 0 Å². The number of carbonyl (C=O) groups is 1. The van der Waals surface area contributed by atoms with E-state index in [2.05, 4.69) is 36.2 Å². The van der Waals surface area contributed by atoms with Crippen molar-refractivity contribution < 1.29 is 4.79 Å². The molecule has 0 aliphatic rings. The van der Waals surface area contributed by atoms with Crippen LogP contribution in [0.15, 0.2) is 35.2 Å². The van der Waals surface area contributed by atoms with Gasteiger partial charge in [-0.1, -0.05) is 0 Å². The van der Waals surface area contributed by atoms with E-state index in [1.54, 1.807) is 30.7 Å². The fourth-order valence-corrected chi connectivity index (χ4v) is 1.52. The molecule has 0 saturated carbocycles. The zero-order valence-electron chi connectivity index (χ0n) is 9.72. The Morgan fingerprint density at radius 2 is 2.06 bits per heavy atom. The predicted octanol–water partition coefficient (Wildman–Crippen LogP) is 1.87. The second kappa shape index (κ2) is 5.68. The van der Waals surface area contributed by atoms with Gasteiger partial charge in [-0.05, 0) is 35.0 Å². The summed E-state index contributed by atoms with van der Waals surface area (Å²) in [4.78, 5) is 24.0. The summed E-state index contributed by atoms with van der Waals surface area (Å²) < 4.78 is 0.837. The van der Waals surface area contributed by atoms with Crippen molar-refractivity contribution in [3.8, 4) is 0 Å². The van der Waals surface area contributed by atoms with Gasteiger partial charge in [-0.25, -0.2) is 4.98 Å². The highest BCUT2D eigenvalue weighted by molar-refractivity contribution is 9.10. The highest BCUT2D eigenvalue weighted by atomic mass is 79.9. The molecule has 1 amide bonds. The maximum Gasteiger partial charge on any atom is 0.270 e. The van der Waals surface area contributed by atoms with E-state index < -0.39 is 0 Å². The number of amides is 1. The Balaban J connectivity index is 1.96. The number of hydrogen-bond acceptors (Lipinski definition) is 4. The number of nitrogens with zero attached hydrogens (tertiary/aromatic N) is 3. The van der Waals surface area contributed by atoms with Crippen LogP contribution < -0.4 is 5.32 Å². The number of pyridine rings is 1. The molecule has 0 saturated heterocycles. The second-order valence-corrected chi connectivity index (χ2v) is 4.61. The number of halogens is 1. The first-order valence-electron chi connectivity index (χ1n) is 5.32. The summed E-state index contributed by atoms with van der Waals surface area (Å²) in [7, 11) is 0. The van der Waals surface area contributed by atoms with E-state index in [0.717, 1.165) is 10.2 Å². The molecule has 18 heavy (non-hydrogen) atoms. The van der Waals surface area contributed by atoms with Crippen molar-refractivity contribution >= 4 is 21.8 Å². The summed E-state index contributed by atoms with van der Waals surface area (Å²) >= 11 is 3.26. The van der Waals surface area contributed by atoms with E-state index in [-0.39, 0.29) is 5.91 Å². The molecule has 0 fully saturated rings. The summed E-state index contributed by atoms with van der Waals surface area (Å²) in [6.45, 7) is 2.20. The Bertz CT molecular complexity index is 539. The van der Waals surface area contributed by atoms with Crippen LogP contribution in [0.1, 0.15) is 21.9 Å². The third-order valence-electron chi connectivity index (χ3n) is 2.22. The Labute approximate surface area is 113 Å². The van der Waals surface area contributed by atoms with Crippen molar-refractivity contribution in [2.75, 3.05) is 0 Å². The maximum absolute atomic E-state index is 11.8. The summed E-state index contributed by atoms with van der Waals surface area (Å²) in [5.41, 5.74) is 1.93. The number of rotatable bonds is 3. The molecular formula is C12H11BrN4O. The Morgan fingerprint density at radius 3 is 2.67 bits per heavy atom. The molecule has 0 atom stereocenters. The molecule has 0 aliphatic heterocycles. The number of carbonyl (C=O) groups excluding carboxylic acids is 1. The smallest absolute Gasteiger partial charge is 0.270 e. The van der Waals surface area contributed by atoms with Crippen LogP contribution in [0.25, 0.3) is 0 Å². The SMILES string of the molecule is Cc1cnc(CNC(=O)c2ccc(Br)cn2)cn1. The van der Waals surface area contributed by atoms with Gasteiger partial charge in [-0.3, -0.25) is 14.8 Å². The van der Waals surface area contributed by atoms with Crippen molar-refractivity contribution in [1.29, 1.82) is 0 Å². The van der Waals surface area contributed by atoms with Crippen molar-refractivity contribution in [3.05, 3.63) is 52.3 Å². The standard InChI is InChI=1S/C12H11BrN4O/c1-8-4-15-10(6-14-8)7-17-12(18)11-3-2-9(13)5-16-11/h2-6H,7H2,1H3,(H,17,18). The van der Waals surface area contributed by atoms with E-state index in [4.69, 9.17) is 0 Å². The van der Waals surface area contributed by atoms with Crippen LogP contribution in [0.4, 0.5) is 0 Å². The third-order valence-corrected chi connectivity index (χ3v) is 2.69. The molecule has 2 rings (SSSR count). The fourth-order valence-electron chi connectivity index (χ4n) is 1.28. The Kier molecular flexibility index (Phi) is 3.99. The van der Waals surface area contributed by atoms with Crippen molar-refractivity contribution in [2.24, 2.45) is 0 Å². The second-order valence-electron chi connectivity index (χ2n) is 3.69.